The summed E-state index contributed by atoms with van der Waals surface area (Å²) in [5, 5.41) is 9.76. The average molecular weight is 311 g/mol. The van der Waals surface area contributed by atoms with Gasteiger partial charge in [0.15, 0.2) is 0 Å². The van der Waals surface area contributed by atoms with E-state index in [-0.39, 0.29) is 10.8 Å². The van der Waals surface area contributed by atoms with E-state index >= 15 is 0 Å². The minimum atomic E-state index is 0.158. The Hall–Kier alpha value is -1.42. The Labute approximate surface area is 136 Å². The Morgan fingerprint density at radius 3 is 2.68 bits per heavy atom. The molecular weight excluding hydrogens is 290 g/mol. The van der Waals surface area contributed by atoms with Crippen LogP contribution in [0.1, 0.15) is 56.5 Å². The largest absolute Gasteiger partial charge is 0.224 e. The first-order valence-electron chi connectivity index (χ1n) is 7.94. The van der Waals surface area contributed by atoms with Crippen LogP contribution < -0.4 is 0 Å². The predicted octanol–water partition coefficient (Wildman–Crippen LogP) is 4.34. The highest BCUT2D eigenvalue weighted by Gasteiger charge is 2.61. The summed E-state index contributed by atoms with van der Waals surface area (Å²) < 4.78 is 0. The van der Waals surface area contributed by atoms with Gasteiger partial charge in [-0.3, -0.25) is 0 Å². The van der Waals surface area contributed by atoms with Gasteiger partial charge in [-0.15, -0.1) is 5.10 Å². The number of nitrogens with zero attached hydrogens (tertiary/aromatic N) is 3. The van der Waals surface area contributed by atoms with Crippen molar-refractivity contribution >= 4 is 11.8 Å². The van der Waals surface area contributed by atoms with Crippen LogP contribution in [0, 0.1) is 5.41 Å². The van der Waals surface area contributed by atoms with Crippen LogP contribution >= 0.6 is 11.8 Å². The van der Waals surface area contributed by atoms with Crippen molar-refractivity contribution in [3.63, 3.8) is 0 Å². The molecule has 1 saturated carbocycles. The number of hydrogen-bond donors (Lipinski definition) is 0. The summed E-state index contributed by atoms with van der Waals surface area (Å²) in [4.78, 5) is 4.91. The first kappa shape index (κ1) is 14.2. The fourth-order valence-corrected chi connectivity index (χ4v) is 4.89. The van der Waals surface area contributed by atoms with E-state index in [1.54, 1.807) is 11.8 Å². The van der Waals surface area contributed by atoms with Crippen molar-refractivity contribution in [2.45, 2.75) is 55.9 Å². The number of rotatable bonds is 3. The molecule has 0 unspecified atom stereocenters. The number of benzene rings is 1. The molecule has 1 aromatic carbocycles. The lowest BCUT2D eigenvalue weighted by atomic mass is 9.70. The molecule has 3 nitrogen and oxygen atoms in total. The van der Waals surface area contributed by atoms with E-state index in [4.69, 9.17) is 4.98 Å². The van der Waals surface area contributed by atoms with E-state index in [0.717, 1.165) is 16.6 Å². The zero-order valence-corrected chi connectivity index (χ0v) is 14.2. The molecule has 1 aromatic heterocycles. The van der Waals surface area contributed by atoms with Gasteiger partial charge in [-0.25, -0.2) is 4.98 Å². The maximum atomic E-state index is 4.91. The first-order chi connectivity index (χ1) is 10.5. The molecule has 2 atom stereocenters. The van der Waals surface area contributed by atoms with Gasteiger partial charge in [0.05, 0.1) is 11.4 Å². The standard InChI is InChI=1S/C18H21N3S/c1-17(2)13-9-10-18(17,3)15-14(13)20-21-16(19-15)22-11-12-7-5-4-6-8-12/h4-8,13H,9-11H2,1-3H3/t13-,18+/m0/s1. The highest BCUT2D eigenvalue weighted by atomic mass is 32.2. The minimum Gasteiger partial charge on any atom is -0.224 e. The monoisotopic (exact) mass is 311 g/mol. The van der Waals surface area contributed by atoms with Crippen LogP contribution in [-0.4, -0.2) is 15.2 Å². The second-order valence-corrected chi connectivity index (χ2v) is 8.19. The zero-order valence-electron chi connectivity index (χ0n) is 13.3. The average Bonchev–Trinajstić information content (AvgIpc) is 2.86. The number of thioether (sulfide) groups is 1. The molecule has 0 aliphatic heterocycles. The molecule has 4 rings (SSSR count). The predicted molar refractivity (Wildman–Crippen MR) is 88.9 cm³/mol. The van der Waals surface area contributed by atoms with E-state index in [9.17, 15) is 0 Å². The van der Waals surface area contributed by atoms with Gasteiger partial charge >= 0.3 is 0 Å². The van der Waals surface area contributed by atoms with Gasteiger partial charge in [0.1, 0.15) is 0 Å². The molecule has 22 heavy (non-hydrogen) atoms. The molecule has 0 saturated heterocycles. The van der Waals surface area contributed by atoms with Crippen molar-refractivity contribution in [1.82, 2.24) is 15.2 Å². The SMILES string of the molecule is CC1(C)[C@H]2CC[C@]1(C)c1nc(SCc3ccccc3)nnc12. The van der Waals surface area contributed by atoms with Crippen molar-refractivity contribution in [1.29, 1.82) is 0 Å². The lowest BCUT2D eigenvalue weighted by Gasteiger charge is -2.33. The third kappa shape index (κ3) is 1.86. The molecule has 0 radical (unpaired) electrons. The van der Waals surface area contributed by atoms with E-state index in [1.807, 2.05) is 6.07 Å². The number of aromatic nitrogens is 3. The topological polar surface area (TPSA) is 38.7 Å². The summed E-state index contributed by atoms with van der Waals surface area (Å²) in [7, 11) is 0. The van der Waals surface area contributed by atoms with Crippen molar-refractivity contribution in [2.24, 2.45) is 5.41 Å². The number of fused-ring (bicyclic) bond motifs is 5. The Bertz CT molecular complexity index is 714. The Morgan fingerprint density at radius 2 is 1.91 bits per heavy atom. The number of hydrogen-bond acceptors (Lipinski definition) is 4. The fourth-order valence-electron chi connectivity index (χ4n) is 4.15. The minimum absolute atomic E-state index is 0.158. The van der Waals surface area contributed by atoms with Gasteiger partial charge < -0.3 is 0 Å². The molecule has 1 heterocycles. The first-order valence-corrected chi connectivity index (χ1v) is 8.93. The molecule has 2 aliphatic carbocycles. The molecule has 1 fully saturated rings. The molecule has 0 N–H and O–H groups in total. The maximum absolute atomic E-state index is 4.91. The molecule has 0 spiro atoms. The van der Waals surface area contributed by atoms with E-state index < -0.39 is 0 Å². The van der Waals surface area contributed by atoms with Crippen molar-refractivity contribution in [3.05, 3.63) is 47.3 Å². The normalized spacial score (nSPS) is 27.9. The summed E-state index contributed by atoms with van der Waals surface area (Å²) >= 11 is 1.68. The van der Waals surface area contributed by atoms with Crippen LogP contribution in [0.5, 0.6) is 0 Å². The third-order valence-electron chi connectivity index (χ3n) is 5.98. The van der Waals surface area contributed by atoms with Crippen LogP contribution in [-0.2, 0) is 11.2 Å². The quantitative estimate of drug-likeness (QED) is 0.790. The highest BCUT2D eigenvalue weighted by molar-refractivity contribution is 7.98. The second kappa shape index (κ2) is 4.79. The second-order valence-electron chi connectivity index (χ2n) is 7.25. The van der Waals surface area contributed by atoms with Gasteiger partial charge in [-0.2, -0.15) is 5.10 Å². The maximum Gasteiger partial charge on any atom is 0.209 e. The molecule has 114 valence electrons. The van der Waals surface area contributed by atoms with Gasteiger partial charge in [0, 0.05) is 17.1 Å². The Kier molecular flexibility index (Phi) is 3.09. The van der Waals surface area contributed by atoms with E-state index in [0.29, 0.717) is 5.92 Å². The van der Waals surface area contributed by atoms with E-state index in [1.165, 1.54) is 24.1 Å². The van der Waals surface area contributed by atoms with Crippen molar-refractivity contribution < 1.29 is 0 Å². The van der Waals surface area contributed by atoms with Crippen LogP contribution in [0.25, 0.3) is 0 Å². The smallest absolute Gasteiger partial charge is 0.209 e. The lowest BCUT2D eigenvalue weighted by Crippen LogP contribution is -2.32. The van der Waals surface area contributed by atoms with Gasteiger partial charge in [0.2, 0.25) is 5.16 Å². The van der Waals surface area contributed by atoms with Crippen LogP contribution in [0.4, 0.5) is 0 Å². The molecule has 2 bridgehead atoms. The summed E-state index contributed by atoms with van der Waals surface area (Å²) in [5.41, 5.74) is 4.07. The molecule has 2 aliphatic rings. The third-order valence-corrected chi connectivity index (χ3v) is 6.89. The summed E-state index contributed by atoms with van der Waals surface area (Å²) in [6.45, 7) is 7.09. The molecule has 2 aromatic rings. The van der Waals surface area contributed by atoms with Gasteiger partial charge in [-0.05, 0) is 23.8 Å². The van der Waals surface area contributed by atoms with Gasteiger partial charge in [-0.1, -0.05) is 62.9 Å². The fraction of sp³-hybridized carbons (Fsp3) is 0.500. The Balaban J connectivity index is 1.62. The lowest BCUT2D eigenvalue weighted by molar-refractivity contribution is 0.226. The molecular formula is C18H21N3S. The molecule has 0 amide bonds. The zero-order chi connectivity index (χ0) is 15.4. The summed E-state index contributed by atoms with van der Waals surface area (Å²) in [6.07, 6.45) is 2.45. The highest BCUT2D eigenvalue weighted by Crippen LogP contribution is 2.66. The Morgan fingerprint density at radius 1 is 1.14 bits per heavy atom. The summed E-state index contributed by atoms with van der Waals surface area (Å²) in [6, 6.07) is 10.5. The van der Waals surface area contributed by atoms with Crippen LogP contribution in [0.3, 0.4) is 0 Å². The van der Waals surface area contributed by atoms with Gasteiger partial charge in [0.25, 0.3) is 0 Å². The van der Waals surface area contributed by atoms with Crippen molar-refractivity contribution in [3.8, 4) is 0 Å². The van der Waals surface area contributed by atoms with Crippen LogP contribution in [0.15, 0.2) is 35.5 Å². The van der Waals surface area contributed by atoms with E-state index in [2.05, 4.69) is 55.2 Å². The van der Waals surface area contributed by atoms with Crippen molar-refractivity contribution in [2.75, 3.05) is 0 Å². The van der Waals surface area contributed by atoms with Crippen LogP contribution in [0.2, 0.25) is 0 Å². The summed E-state index contributed by atoms with van der Waals surface area (Å²) in [5.74, 6) is 1.42. The molecule has 4 heteroatoms.